The summed E-state index contributed by atoms with van der Waals surface area (Å²) in [6.07, 6.45) is 0.720. The minimum Gasteiger partial charge on any atom is -0.481 e. The van der Waals surface area contributed by atoms with E-state index < -0.39 is 16.9 Å². The zero-order valence-corrected chi connectivity index (χ0v) is 13.6. The molecule has 0 saturated carbocycles. The number of hydrogen-bond acceptors (Lipinski definition) is 4. The molecule has 0 aliphatic rings. The minimum absolute atomic E-state index is 0.234. The van der Waals surface area contributed by atoms with Crippen LogP contribution in [0.3, 0.4) is 0 Å². The Morgan fingerprint density at radius 2 is 1.71 bits per heavy atom. The van der Waals surface area contributed by atoms with E-state index in [1.807, 2.05) is 0 Å². The summed E-state index contributed by atoms with van der Waals surface area (Å²) >= 11 is 0. The van der Waals surface area contributed by atoms with Crippen LogP contribution in [0, 0.1) is 5.41 Å². The van der Waals surface area contributed by atoms with Crippen LogP contribution in [0.25, 0.3) is 0 Å². The predicted molar refractivity (Wildman–Crippen MR) is 77.9 cm³/mol. The molecule has 2 N–H and O–H groups in total. The van der Waals surface area contributed by atoms with E-state index in [4.69, 9.17) is 0 Å². The lowest BCUT2D eigenvalue weighted by Gasteiger charge is -2.39. The van der Waals surface area contributed by atoms with Gasteiger partial charge in [0, 0.05) is 20.0 Å². The first-order chi connectivity index (χ1) is 9.45. The van der Waals surface area contributed by atoms with E-state index >= 15 is 0 Å². The number of nitrogens with zero attached hydrogens (tertiary/aromatic N) is 1. The topological polar surface area (TPSA) is 95.9 Å². The van der Waals surface area contributed by atoms with Crippen molar-refractivity contribution < 1.29 is 24.2 Å². The summed E-state index contributed by atoms with van der Waals surface area (Å²) in [5, 5.41) is 12.0. The molecule has 0 unspecified atom stereocenters. The number of amides is 2. The number of carbonyl (C=O) groups excluding carboxylic acids is 2. The summed E-state index contributed by atoms with van der Waals surface area (Å²) in [7, 11) is 2.91. The third kappa shape index (κ3) is 5.24. The summed E-state index contributed by atoms with van der Waals surface area (Å²) in [5.41, 5.74) is -2.04. The van der Waals surface area contributed by atoms with Gasteiger partial charge in [-0.3, -0.25) is 9.59 Å². The number of ether oxygens (including phenoxy) is 1. The van der Waals surface area contributed by atoms with Gasteiger partial charge in [0.2, 0.25) is 0 Å². The van der Waals surface area contributed by atoms with Gasteiger partial charge in [0.25, 0.3) is 0 Å². The molecule has 0 aromatic heterocycles. The van der Waals surface area contributed by atoms with E-state index in [-0.39, 0.29) is 18.4 Å². The Bertz CT molecular complexity index is 404. The van der Waals surface area contributed by atoms with E-state index in [2.05, 4.69) is 10.1 Å². The van der Waals surface area contributed by atoms with Gasteiger partial charge < -0.3 is 20.1 Å². The van der Waals surface area contributed by atoms with Crippen LogP contribution >= 0.6 is 0 Å². The van der Waals surface area contributed by atoms with Crippen molar-refractivity contribution in [2.24, 2.45) is 5.41 Å². The maximum absolute atomic E-state index is 12.1. The highest BCUT2D eigenvalue weighted by Gasteiger charge is 2.44. The number of carbonyl (C=O) groups is 3. The predicted octanol–water partition coefficient (Wildman–Crippen LogP) is 1.47. The first kappa shape index (κ1) is 19.2. The zero-order chi connectivity index (χ0) is 16.8. The van der Waals surface area contributed by atoms with Gasteiger partial charge in [0.1, 0.15) is 0 Å². The molecule has 0 aliphatic carbocycles. The number of nitrogens with one attached hydrogen (secondary N) is 1. The van der Waals surface area contributed by atoms with Crippen molar-refractivity contribution >= 4 is 18.0 Å². The van der Waals surface area contributed by atoms with Crippen LogP contribution in [0.5, 0.6) is 0 Å². The largest absolute Gasteiger partial charge is 0.481 e. The van der Waals surface area contributed by atoms with Gasteiger partial charge in [-0.15, -0.1) is 0 Å². The average Bonchev–Trinajstić information content (AvgIpc) is 2.37. The van der Waals surface area contributed by atoms with Crippen molar-refractivity contribution in [1.29, 1.82) is 0 Å². The van der Waals surface area contributed by atoms with Crippen LogP contribution in [-0.4, -0.2) is 54.2 Å². The van der Waals surface area contributed by atoms with Crippen LogP contribution in [0.15, 0.2) is 0 Å². The van der Waals surface area contributed by atoms with Crippen LogP contribution < -0.4 is 5.32 Å². The number of urea groups is 1. The molecular weight excluding hydrogens is 276 g/mol. The SMILES string of the molecule is COC(=O)CCCN(C)C(=O)NC(C)(C)C(C)(C)C(=O)O. The Morgan fingerprint density at radius 3 is 2.14 bits per heavy atom. The van der Waals surface area contributed by atoms with Crippen LogP contribution in [0.2, 0.25) is 0 Å². The minimum atomic E-state index is -1.12. The Hall–Kier alpha value is -1.79. The summed E-state index contributed by atoms with van der Waals surface area (Å²) in [5.74, 6) is -1.31. The molecular formula is C14H26N2O5. The second-order valence-electron chi connectivity index (χ2n) is 6.09. The first-order valence-electron chi connectivity index (χ1n) is 6.79. The Kier molecular flexibility index (Phi) is 6.66. The number of hydrogen-bond donors (Lipinski definition) is 2. The number of esters is 1. The molecule has 122 valence electrons. The van der Waals surface area contributed by atoms with Gasteiger partial charge in [-0.25, -0.2) is 4.79 Å². The average molecular weight is 302 g/mol. The lowest BCUT2D eigenvalue weighted by atomic mass is 9.74. The maximum atomic E-state index is 12.1. The molecule has 0 rings (SSSR count). The van der Waals surface area contributed by atoms with E-state index in [0.29, 0.717) is 13.0 Å². The van der Waals surface area contributed by atoms with E-state index in [9.17, 15) is 19.5 Å². The molecule has 0 spiro atoms. The van der Waals surface area contributed by atoms with Crippen molar-refractivity contribution in [3.05, 3.63) is 0 Å². The van der Waals surface area contributed by atoms with Gasteiger partial charge in [-0.05, 0) is 34.1 Å². The van der Waals surface area contributed by atoms with E-state index in [1.165, 1.54) is 12.0 Å². The highest BCUT2D eigenvalue weighted by atomic mass is 16.5. The summed E-state index contributed by atoms with van der Waals surface area (Å²) in [6, 6.07) is -0.376. The molecule has 0 aromatic rings. The lowest BCUT2D eigenvalue weighted by Crippen LogP contribution is -2.59. The molecule has 7 heteroatoms. The van der Waals surface area contributed by atoms with Crippen LogP contribution in [-0.2, 0) is 14.3 Å². The maximum Gasteiger partial charge on any atom is 0.317 e. The van der Waals surface area contributed by atoms with E-state index in [0.717, 1.165) is 0 Å². The van der Waals surface area contributed by atoms with E-state index in [1.54, 1.807) is 34.7 Å². The number of methoxy groups -OCH3 is 1. The molecule has 0 saturated heterocycles. The molecule has 0 atom stereocenters. The first-order valence-corrected chi connectivity index (χ1v) is 6.79. The summed E-state index contributed by atoms with van der Waals surface area (Å²) < 4.78 is 4.52. The molecule has 0 bridgehead atoms. The number of rotatable bonds is 7. The van der Waals surface area contributed by atoms with Crippen molar-refractivity contribution in [1.82, 2.24) is 10.2 Å². The van der Waals surface area contributed by atoms with Crippen molar-refractivity contribution in [3.63, 3.8) is 0 Å². The molecule has 21 heavy (non-hydrogen) atoms. The second kappa shape index (κ2) is 7.28. The quantitative estimate of drug-likeness (QED) is 0.694. The van der Waals surface area contributed by atoms with Crippen LogP contribution in [0.1, 0.15) is 40.5 Å². The highest BCUT2D eigenvalue weighted by molar-refractivity contribution is 5.79. The Labute approximate surface area is 125 Å². The normalized spacial score (nSPS) is 11.7. The van der Waals surface area contributed by atoms with Crippen molar-refractivity contribution in [2.75, 3.05) is 20.7 Å². The molecule has 7 nitrogen and oxygen atoms in total. The van der Waals surface area contributed by atoms with Gasteiger partial charge in [0.05, 0.1) is 18.1 Å². The third-order valence-corrected chi connectivity index (χ3v) is 3.97. The number of aliphatic carboxylic acids is 1. The third-order valence-electron chi connectivity index (χ3n) is 3.97. The zero-order valence-electron chi connectivity index (χ0n) is 13.6. The fraction of sp³-hybridized carbons (Fsp3) is 0.786. The monoisotopic (exact) mass is 302 g/mol. The highest BCUT2D eigenvalue weighted by Crippen LogP contribution is 2.30. The molecule has 0 heterocycles. The second-order valence-corrected chi connectivity index (χ2v) is 6.09. The standard InChI is InChI=1S/C14H26N2O5/c1-13(2,11(18)19)14(3,4)15-12(20)16(5)9-7-8-10(17)21-6/h7-9H2,1-6H3,(H,15,20)(H,18,19). The van der Waals surface area contributed by atoms with Crippen LogP contribution in [0.4, 0.5) is 4.79 Å². The molecule has 0 radical (unpaired) electrons. The number of carboxylic acids is 1. The molecule has 0 fully saturated rings. The fourth-order valence-corrected chi connectivity index (χ4v) is 1.45. The summed E-state index contributed by atoms with van der Waals surface area (Å²) in [4.78, 5) is 35.8. The number of carboxylic acid groups (broad SMARTS) is 1. The molecule has 2 amide bonds. The van der Waals surface area contributed by atoms with Gasteiger partial charge in [0.15, 0.2) is 0 Å². The van der Waals surface area contributed by atoms with Gasteiger partial charge in [-0.2, -0.15) is 0 Å². The van der Waals surface area contributed by atoms with Gasteiger partial charge in [-0.1, -0.05) is 0 Å². The Morgan fingerprint density at radius 1 is 1.19 bits per heavy atom. The van der Waals surface area contributed by atoms with Crippen molar-refractivity contribution in [3.8, 4) is 0 Å². The lowest BCUT2D eigenvalue weighted by molar-refractivity contribution is -0.150. The summed E-state index contributed by atoms with van der Waals surface area (Å²) in [6.45, 7) is 6.84. The van der Waals surface area contributed by atoms with Gasteiger partial charge >= 0.3 is 18.0 Å². The molecule has 0 aliphatic heterocycles. The Balaban J connectivity index is 4.53. The fourth-order valence-electron chi connectivity index (χ4n) is 1.45. The molecule has 0 aromatic carbocycles. The smallest absolute Gasteiger partial charge is 0.317 e. The van der Waals surface area contributed by atoms with Crippen molar-refractivity contribution in [2.45, 2.75) is 46.1 Å².